The van der Waals surface area contributed by atoms with Crippen molar-refractivity contribution in [3.8, 4) is 0 Å². The summed E-state index contributed by atoms with van der Waals surface area (Å²) in [5.41, 5.74) is -1.61. The maximum absolute atomic E-state index is 12.4. The van der Waals surface area contributed by atoms with Crippen LogP contribution in [-0.2, 0) is 38.1 Å². The number of esters is 4. The fourth-order valence-electron chi connectivity index (χ4n) is 9.31. The van der Waals surface area contributed by atoms with Crippen molar-refractivity contribution in [1.82, 2.24) is 0 Å². The van der Waals surface area contributed by atoms with Crippen LogP contribution in [0.5, 0.6) is 0 Å². The molecule has 2 unspecified atom stereocenters. The van der Waals surface area contributed by atoms with Gasteiger partial charge < -0.3 is 18.9 Å². The number of fused-ring (bicyclic) bond motifs is 3. The molecular weight excluding hydrogens is 464 g/mol. The minimum absolute atomic E-state index is 0.0233. The Morgan fingerprint density at radius 2 is 1.17 bits per heavy atom. The molecule has 9 atom stereocenters. The average molecular weight is 507 g/mol. The SMILES string of the molecule is CC(=O)O[C@@H]1[C@@H](OC(C)=O)[C@]2(C)C[C@]13CCC1C(C)(C)CC[C@H](OC(C)=O)[C@@]1(C)C3C[C@@H]2OC(C)=O. The minimum atomic E-state index is -0.739. The molecule has 36 heavy (non-hydrogen) atoms. The Bertz CT molecular complexity index is 957. The summed E-state index contributed by atoms with van der Waals surface area (Å²) in [5, 5.41) is 0. The van der Waals surface area contributed by atoms with Gasteiger partial charge in [0.05, 0.1) is 0 Å². The quantitative estimate of drug-likeness (QED) is 0.409. The number of hydrogen-bond donors (Lipinski definition) is 0. The van der Waals surface area contributed by atoms with Crippen LogP contribution in [0.3, 0.4) is 0 Å². The van der Waals surface area contributed by atoms with E-state index in [1.807, 2.05) is 6.92 Å². The molecule has 8 nitrogen and oxygen atoms in total. The minimum Gasteiger partial charge on any atom is -0.462 e. The van der Waals surface area contributed by atoms with Gasteiger partial charge in [-0.25, -0.2) is 0 Å². The number of rotatable bonds is 4. The van der Waals surface area contributed by atoms with Gasteiger partial charge in [0.25, 0.3) is 0 Å². The molecule has 0 radical (unpaired) electrons. The summed E-state index contributed by atoms with van der Waals surface area (Å²) >= 11 is 0. The molecular formula is C28H42O8. The van der Waals surface area contributed by atoms with Crippen molar-refractivity contribution >= 4 is 23.9 Å². The summed E-state index contributed by atoms with van der Waals surface area (Å²) < 4.78 is 23.9. The summed E-state index contributed by atoms with van der Waals surface area (Å²) in [6.07, 6.45) is 2.25. The third-order valence-corrected chi connectivity index (χ3v) is 10.4. The topological polar surface area (TPSA) is 105 Å². The van der Waals surface area contributed by atoms with Gasteiger partial charge in [-0.1, -0.05) is 27.7 Å². The van der Waals surface area contributed by atoms with Gasteiger partial charge in [0.2, 0.25) is 0 Å². The maximum Gasteiger partial charge on any atom is 0.303 e. The van der Waals surface area contributed by atoms with Crippen LogP contribution < -0.4 is 0 Å². The molecule has 2 bridgehead atoms. The van der Waals surface area contributed by atoms with E-state index >= 15 is 0 Å². The van der Waals surface area contributed by atoms with Crippen LogP contribution in [-0.4, -0.2) is 48.3 Å². The fraction of sp³-hybridized carbons (Fsp3) is 0.857. The van der Waals surface area contributed by atoms with E-state index in [2.05, 4.69) is 20.8 Å². The number of carbonyl (C=O) groups is 4. The Morgan fingerprint density at radius 3 is 1.72 bits per heavy atom. The zero-order chi connectivity index (χ0) is 26.8. The maximum atomic E-state index is 12.4. The van der Waals surface area contributed by atoms with Crippen molar-refractivity contribution < 1.29 is 38.1 Å². The second kappa shape index (κ2) is 8.73. The Morgan fingerprint density at radius 1 is 0.639 bits per heavy atom. The summed E-state index contributed by atoms with van der Waals surface area (Å²) in [6, 6.07) is 0. The molecule has 4 aliphatic rings. The summed E-state index contributed by atoms with van der Waals surface area (Å²) in [4.78, 5) is 49.2. The van der Waals surface area contributed by atoms with E-state index in [9.17, 15) is 19.2 Å². The Hall–Kier alpha value is -2.12. The van der Waals surface area contributed by atoms with Crippen LogP contribution in [0, 0.1) is 33.5 Å². The molecule has 202 valence electrons. The second-order valence-electron chi connectivity index (χ2n) is 12.9. The largest absolute Gasteiger partial charge is 0.462 e. The van der Waals surface area contributed by atoms with E-state index < -0.39 is 52.5 Å². The molecule has 0 aromatic rings. The van der Waals surface area contributed by atoms with Crippen molar-refractivity contribution in [3.05, 3.63) is 0 Å². The molecule has 4 rings (SSSR count). The predicted octanol–water partition coefficient (Wildman–Crippen LogP) is 4.37. The van der Waals surface area contributed by atoms with Crippen LogP contribution in [0.25, 0.3) is 0 Å². The van der Waals surface area contributed by atoms with Gasteiger partial charge in [0.15, 0.2) is 0 Å². The van der Waals surface area contributed by atoms with Gasteiger partial charge in [-0.15, -0.1) is 0 Å². The van der Waals surface area contributed by atoms with Gasteiger partial charge in [-0.3, -0.25) is 19.2 Å². The smallest absolute Gasteiger partial charge is 0.303 e. The normalized spacial score (nSPS) is 44.4. The first-order valence-corrected chi connectivity index (χ1v) is 13.3. The van der Waals surface area contributed by atoms with Crippen molar-refractivity contribution in [2.45, 2.75) is 118 Å². The monoisotopic (exact) mass is 506 g/mol. The lowest BCUT2D eigenvalue weighted by molar-refractivity contribution is -0.239. The Labute approximate surface area is 214 Å². The zero-order valence-corrected chi connectivity index (χ0v) is 23.0. The van der Waals surface area contributed by atoms with Crippen LogP contribution in [0.4, 0.5) is 0 Å². The molecule has 0 aromatic carbocycles. The van der Waals surface area contributed by atoms with E-state index in [0.717, 1.165) is 25.7 Å². The Kier molecular flexibility index (Phi) is 6.53. The van der Waals surface area contributed by atoms with Gasteiger partial charge in [-0.05, 0) is 55.8 Å². The van der Waals surface area contributed by atoms with Gasteiger partial charge >= 0.3 is 23.9 Å². The lowest BCUT2D eigenvalue weighted by Gasteiger charge is -2.66. The van der Waals surface area contributed by atoms with E-state index in [-0.39, 0.29) is 29.3 Å². The molecule has 4 saturated carbocycles. The van der Waals surface area contributed by atoms with E-state index in [4.69, 9.17) is 18.9 Å². The van der Waals surface area contributed by atoms with Crippen molar-refractivity contribution in [1.29, 1.82) is 0 Å². The molecule has 0 amide bonds. The second-order valence-corrected chi connectivity index (χ2v) is 12.9. The molecule has 4 aliphatic carbocycles. The van der Waals surface area contributed by atoms with Crippen LogP contribution >= 0.6 is 0 Å². The van der Waals surface area contributed by atoms with E-state index in [0.29, 0.717) is 12.8 Å². The standard InChI is InChI=1S/C28H42O8/c1-15(29)33-21-10-11-25(5,6)19-9-12-28-14-26(7,23(35-17(3)31)24(28)36-18(4)32)22(34-16(2)30)13-20(28)27(19,21)8/h19-24H,9-14H2,1-8H3/t19?,20?,21-,22-,23+,24+,26+,27+,28-/m0/s1. The predicted molar refractivity (Wildman–Crippen MR) is 129 cm³/mol. The summed E-state index contributed by atoms with van der Waals surface area (Å²) in [5.74, 6) is -1.42. The van der Waals surface area contributed by atoms with Gasteiger partial charge in [0.1, 0.15) is 24.4 Å². The van der Waals surface area contributed by atoms with Gasteiger partial charge in [-0.2, -0.15) is 0 Å². The van der Waals surface area contributed by atoms with Crippen molar-refractivity contribution in [2.75, 3.05) is 0 Å². The number of hydrogen-bond acceptors (Lipinski definition) is 8. The molecule has 0 saturated heterocycles. The lowest BCUT2D eigenvalue weighted by atomic mass is 9.39. The lowest BCUT2D eigenvalue weighted by Crippen LogP contribution is -2.65. The molecule has 0 aromatic heterocycles. The highest BCUT2D eigenvalue weighted by atomic mass is 16.6. The number of ether oxygens (including phenoxy) is 4. The number of carbonyl (C=O) groups excluding carboxylic acids is 4. The van der Waals surface area contributed by atoms with Crippen LogP contribution in [0.15, 0.2) is 0 Å². The fourth-order valence-corrected chi connectivity index (χ4v) is 9.31. The summed E-state index contributed by atoms with van der Waals surface area (Å²) in [6.45, 7) is 14.3. The van der Waals surface area contributed by atoms with E-state index in [1.165, 1.54) is 27.7 Å². The first kappa shape index (κ1) is 26.9. The first-order valence-electron chi connectivity index (χ1n) is 13.3. The first-order chi connectivity index (χ1) is 16.6. The highest BCUT2D eigenvalue weighted by Crippen LogP contribution is 2.75. The Balaban J connectivity index is 1.91. The van der Waals surface area contributed by atoms with Crippen LogP contribution in [0.1, 0.15) is 93.9 Å². The van der Waals surface area contributed by atoms with E-state index in [1.54, 1.807) is 0 Å². The zero-order valence-electron chi connectivity index (χ0n) is 23.0. The molecule has 0 N–H and O–H groups in total. The van der Waals surface area contributed by atoms with Crippen molar-refractivity contribution in [2.24, 2.45) is 33.5 Å². The highest BCUT2D eigenvalue weighted by Gasteiger charge is 2.77. The molecule has 8 heteroatoms. The third kappa shape index (κ3) is 3.94. The average Bonchev–Trinajstić information content (AvgIpc) is 2.90. The molecule has 4 fully saturated rings. The highest BCUT2D eigenvalue weighted by molar-refractivity contribution is 5.68. The van der Waals surface area contributed by atoms with Crippen molar-refractivity contribution in [3.63, 3.8) is 0 Å². The molecule has 1 spiro atoms. The van der Waals surface area contributed by atoms with Gasteiger partial charge in [0, 0.05) is 43.9 Å². The molecule has 0 aliphatic heterocycles. The summed E-state index contributed by atoms with van der Waals surface area (Å²) in [7, 11) is 0. The third-order valence-electron chi connectivity index (χ3n) is 10.4. The van der Waals surface area contributed by atoms with Crippen LogP contribution in [0.2, 0.25) is 0 Å². The molecule has 0 heterocycles.